The molecule has 2 rings (SSSR count). The summed E-state index contributed by atoms with van der Waals surface area (Å²) in [4.78, 5) is 18.5. The minimum Gasteiger partial charge on any atom is -0.383 e. The highest BCUT2D eigenvalue weighted by molar-refractivity contribution is 5.92. The van der Waals surface area contributed by atoms with Gasteiger partial charge in [0.05, 0.1) is 25.1 Å². The van der Waals surface area contributed by atoms with Crippen LogP contribution in [0.4, 0.5) is 5.69 Å². The predicted molar refractivity (Wildman–Crippen MR) is 91.8 cm³/mol. The summed E-state index contributed by atoms with van der Waals surface area (Å²) in [7, 11) is 0. The third-order valence-electron chi connectivity index (χ3n) is 3.92. The number of rotatable bonds is 9. The molecule has 0 atom stereocenters. The number of carbonyl (C=O) groups excluding carboxylic acids is 1. The first-order valence-electron chi connectivity index (χ1n) is 8.58. The Hall–Kier alpha value is -1.66. The molecule has 1 amide bonds. The van der Waals surface area contributed by atoms with Crippen molar-refractivity contribution in [3.63, 3.8) is 0 Å². The molecule has 2 heterocycles. The van der Waals surface area contributed by atoms with Gasteiger partial charge in [0.1, 0.15) is 5.69 Å². The van der Waals surface area contributed by atoms with Crippen LogP contribution in [0.3, 0.4) is 0 Å². The first-order valence-corrected chi connectivity index (χ1v) is 8.58. The maximum atomic E-state index is 11.9. The van der Waals surface area contributed by atoms with Crippen LogP contribution in [0.15, 0.2) is 18.3 Å². The lowest BCUT2D eigenvalue weighted by Gasteiger charge is -2.26. The number of nitrogens with one attached hydrogen (secondary N) is 2. The average molecular weight is 320 g/mol. The lowest BCUT2D eigenvalue weighted by atomic mass is 10.2. The largest absolute Gasteiger partial charge is 0.383 e. The number of hydrogen-bond donors (Lipinski definition) is 2. The van der Waals surface area contributed by atoms with Crippen molar-refractivity contribution in [3.05, 3.63) is 24.0 Å². The highest BCUT2D eigenvalue weighted by Crippen LogP contribution is 2.06. The Balaban J connectivity index is 1.67. The fraction of sp³-hybridized carbons (Fsp3) is 0.647. The SMILES string of the molecule is CCCCCNC(=O)c1ccc(NCCN2CCOCC2)cn1. The van der Waals surface area contributed by atoms with Gasteiger partial charge in [-0.1, -0.05) is 19.8 Å². The quantitative estimate of drug-likeness (QED) is 0.679. The molecule has 1 saturated heterocycles. The Morgan fingerprint density at radius 1 is 1.26 bits per heavy atom. The summed E-state index contributed by atoms with van der Waals surface area (Å²) in [6.45, 7) is 8.36. The maximum absolute atomic E-state index is 11.9. The fourth-order valence-electron chi connectivity index (χ4n) is 2.48. The number of carbonyl (C=O) groups is 1. The van der Waals surface area contributed by atoms with Crippen molar-refractivity contribution in [1.29, 1.82) is 0 Å². The molecular formula is C17H28N4O2. The van der Waals surface area contributed by atoms with E-state index < -0.39 is 0 Å². The van der Waals surface area contributed by atoms with Gasteiger partial charge >= 0.3 is 0 Å². The van der Waals surface area contributed by atoms with Crippen LogP contribution in [0.1, 0.15) is 36.7 Å². The number of hydrogen-bond acceptors (Lipinski definition) is 5. The molecule has 6 nitrogen and oxygen atoms in total. The van der Waals surface area contributed by atoms with Gasteiger partial charge in [-0.2, -0.15) is 0 Å². The lowest BCUT2D eigenvalue weighted by molar-refractivity contribution is 0.0398. The minimum atomic E-state index is -0.0963. The van der Waals surface area contributed by atoms with Crippen LogP contribution in [0, 0.1) is 0 Å². The normalized spacial score (nSPS) is 15.3. The topological polar surface area (TPSA) is 66.5 Å². The van der Waals surface area contributed by atoms with E-state index in [0.717, 1.165) is 64.3 Å². The zero-order valence-electron chi connectivity index (χ0n) is 14.0. The second kappa shape index (κ2) is 10.2. The molecule has 0 bridgehead atoms. The summed E-state index contributed by atoms with van der Waals surface area (Å²) >= 11 is 0. The van der Waals surface area contributed by atoms with Gasteiger partial charge in [0.15, 0.2) is 0 Å². The molecule has 1 aromatic rings. The summed E-state index contributed by atoms with van der Waals surface area (Å²) in [6.07, 6.45) is 5.03. The Morgan fingerprint density at radius 3 is 2.78 bits per heavy atom. The third kappa shape index (κ3) is 6.54. The summed E-state index contributed by atoms with van der Waals surface area (Å²) < 4.78 is 5.33. The zero-order chi connectivity index (χ0) is 16.3. The Labute approximate surface area is 138 Å². The van der Waals surface area contributed by atoms with Crippen LogP contribution in [0.25, 0.3) is 0 Å². The van der Waals surface area contributed by atoms with Crippen molar-refractivity contribution < 1.29 is 9.53 Å². The van der Waals surface area contributed by atoms with E-state index in [1.54, 1.807) is 12.3 Å². The van der Waals surface area contributed by atoms with Gasteiger partial charge in [-0.15, -0.1) is 0 Å². The molecule has 6 heteroatoms. The van der Waals surface area contributed by atoms with Crippen LogP contribution in [-0.2, 0) is 4.74 Å². The molecule has 1 aromatic heterocycles. The Morgan fingerprint density at radius 2 is 2.09 bits per heavy atom. The van der Waals surface area contributed by atoms with Gasteiger partial charge in [0.25, 0.3) is 5.91 Å². The van der Waals surface area contributed by atoms with Gasteiger partial charge in [0, 0.05) is 32.7 Å². The summed E-state index contributed by atoms with van der Waals surface area (Å²) in [5.41, 5.74) is 1.42. The van der Waals surface area contributed by atoms with Gasteiger partial charge < -0.3 is 15.4 Å². The zero-order valence-corrected chi connectivity index (χ0v) is 14.0. The lowest BCUT2D eigenvalue weighted by Crippen LogP contribution is -2.39. The molecule has 0 aromatic carbocycles. The average Bonchev–Trinajstić information content (AvgIpc) is 2.60. The van der Waals surface area contributed by atoms with Gasteiger partial charge in [-0.05, 0) is 18.6 Å². The third-order valence-corrected chi connectivity index (χ3v) is 3.92. The molecule has 1 fully saturated rings. The molecule has 0 spiro atoms. The van der Waals surface area contributed by atoms with Crippen molar-refractivity contribution in [2.45, 2.75) is 26.2 Å². The standard InChI is InChI=1S/C17H28N4O2/c1-2-3-4-7-19-17(22)16-6-5-15(14-20-16)18-8-9-21-10-12-23-13-11-21/h5-6,14,18H,2-4,7-13H2,1H3,(H,19,22). The Kier molecular flexibility index (Phi) is 7.83. The number of morpholine rings is 1. The number of anilines is 1. The van der Waals surface area contributed by atoms with E-state index in [1.165, 1.54) is 0 Å². The smallest absolute Gasteiger partial charge is 0.269 e. The second-order valence-electron chi connectivity index (χ2n) is 5.78. The van der Waals surface area contributed by atoms with E-state index >= 15 is 0 Å². The first-order chi connectivity index (χ1) is 11.3. The molecule has 2 N–H and O–H groups in total. The highest BCUT2D eigenvalue weighted by Gasteiger charge is 2.09. The van der Waals surface area contributed by atoms with E-state index in [0.29, 0.717) is 12.2 Å². The first kappa shape index (κ1) is 17.7. The van der Waals surface area contributed by atoms with E-state index in [-0.39, 0.29) is 5.91 Å². The van der Waals surface area contributed by atoms with E-state index in [1.807, 2.05) is 6.07 Å². The molecule has 23 heavy (non-hydrogen) atoms. The highest BCUT2D eigenvalue weighted by atomic mass is 16.5. The molecule has 0 aliphatic carbocycles. The molecule has 1 aliphatic heterocycles. The predicted octanol–water partition coefficient (Wildman–Crippen LogP) is 1.75. The monoisotopic (exact) mass is 320 g/mol. The van der Waals surface area contributed by atoms with Crippen molar-refractivity contribution in [3.8, 4) is 0 Å². The number of pyridine rings is 1. The van der Waals surface area contributed by atoms with E-state index in [2.05, 4.69) is 27.4 Å². The molecule has 1 aliphatic rings. The van der Waals surface area contributed by atoms with Crippen LogP contribution in [-0.4, -0.2) is 61.7 Å². The molecule has 128 valence electrons. The minimum absolute atomic E-state index is 0.0963. The van der Waals surface area contributed by atoms with Crippen molar-refractivity contribution in [2.24, 2.45) is 0 Å². The number of unbranched alkanes of at least 4 members (excludes halogenated alkanes) is 2. The van der Waals surface area contributed by atoms with Crippen LogP contribution < -0.4 is 10.6 Å². The van der Waals surface area contributed by atoms with Crippen molar-refractivity contribution in [1.82, 2.24) is 15.2 Å². The van der Waals surface area contributed by atoms with Gasteiger partial charge in [-0.25, -0.2) is 4.98 Å². The number of ether oxygens (including phenoxy) is 1. The Bertz CT molecular complexity index is 458. The summed E-state index contributed by atoms with van der Waals surface area (Å²) in [6, 6.07) is 3.68. The van der Waals surface area contributed by atoms with Gasteiger partial charge in [0.2, 0.25) is 0 Å². The number of nitrogens with zero attached hydrogens (tertiary/aromatic N) is 2. The second-order valence-corrected chi connectivity index (χ2v) is 5.78. The fourth-order valence-corrected chi connectivity index (χ4v) is 2.48. The van der Waals surface area contributed by atoms with E-state index in [9.17, 15) is 4.79 Å². The van der Waals surface area contributed by atoms with Crippen molar-refractivity contribution >= 4 is 11.6 Å². The maximum Gasteiger partial charge on any atom is 0.269 e. The van der Waals surface area contributed by atoms with Crippen molar-refractivity contribution in [2.75, 3.05) is 51.3 Å². The van der Waals surface area contributed by atoms with Crippen LogP contribution >= 0.6 is 0 Å². The molecular weight excluding hydrogens is 292 g/mol. The molecule has 0 unspecified atom stereocenters. The number of amides is 1. The van der Waals surface area contributed by atoms with E-state index in [4.69, 9.17) is 4.74 Å². The van der Waals surface area contributed by atoms with Crippen LogP contribution in [0.5, 0.6) is 0 Å². The van der Waals surface area contributed by atoms with Gasteiger partial charge in [-0.3, -0.25) is 9.69 Å². The summed E-state index contributed by atoms with van der Waals surface area (Å²) in [5.74, 6) is -0.0963. The molecule has 0 saturated carbocycles. The molecule has 0 radical (unpaired) electrons. The van der Waals surface area contributed by atoms with Crippen LogP contribution in [0.2, 0.25) is 0 Å². The number of aromatic nitrogens is 1. The summed E-state index contributed by atoms with van der Waals surface area (Å²) in [5, 5.41) is 6.24.